The van der Waals surface area contributed by atoms with Crippen LogP contribution in [-0.4, -0.2) is 29.8 Å². The fraction of sp³-hybridized carbons (Fsp3) is 0.500. The maximum absolute atomic E-state index is 6.26. The molecule has 0 spiro atoms. The van der Waals surface area contributed by atoms with Crippen molar-refractivity contribution in [2.24, 2.45) is 0 Å². The van der Waals surface area contributed by atoms with E-state index in [1.54, 1.807) is 6.08 Å². The molecule has 132 valence electrons. The number of hydrogen-bond donors (Lipinski definition) is 0. The van der Waals surface area contributed by atoms with E-state index in [1.807, 2.05) is 39.0 Å². The van der Waals surface area contributed by atoms with Crippen LogP contribution in [0.2, 0.25) is 0 Å². The molecule has 4 heteroatoms. The molecule has 1 heterocycles. The van der Waals surface area contributed by atoms with E-state index in [-0.39, 0.29) is 11.2 Å². The molecule has 1 aliphatic heterocycles. The largest absolute Gasteiger partial charge is 0.594 e. The Morgan fingerprint density at radius 3 is 2.00 bits per heavy atom. The van der Waals surface area contributed by atoms with Gasteiger partial charge in [-0.25, -0.2) is 0 Å². The van der Waals surface area contributed by atoms with E-state index < -0.39 is 7.25 Å². The minimum atomic E-state index is -0.434. The maximum Gasteiger partial charge on any atom is 0.594 e. The molecule has 0 aliphatic carbocycles. The van der Waals surface area contributed by atoms with Crippen LogP contribution in [0, 0.1) is 0 Å². The predicted molar refractivity (Wildman–Crippen MR) is 104 cm³/mol. The van der Waals surface area contributed by atoms with Crippen LogP contribution in [0.5, 0.6) is 0 Å². The first kappa shape index (κ1) is 20.5. The Morgan fingerprint density at radius 2 is 1.58 bits per heavy atom. The van der Waals surface area contributed by atoms with Crippen LogP contribution < -0.4 is 0 Å². The molecule has 24 heavy (non-hydrogen) atoms. The summed E-state index contributed by atoms with van der Waals surface area (Å²) in [5.41, 5.74) is 1.51. The molecule has 0 unspecified atom stereocenters. The van der Waals surface area contributed by atoms with Gasteiger partial charge in [0.1, 0.15) is 0 Å². The van der Waals surface area contributed by atoms with Crippen LogP contribution >= 0.6 is 0 Å². The maximum atomic E-state index is 6.26. The Morgan fingerprint density at radius 1 is 1.00 bits per heavy atom. The number of hydrogen-bond acceptors (Lipinski definition) is 3. The molecular weight excluding hydrogens is 297 g/mol. The summed E-state index contributed by atoms with van der Waals surface area (Å²) in [4.78, 5) is 2.14. The van der Waals surface area contributed by atoms with Crippen molar-refractivity contribution in [2.75, 3.05) is 6.54 Å². The smallest absolute Gasteiger partial charge is 0.384 e. The molecular formula is C20H32BNO2. The normalized spacial score (nSPS) is 21.0. The minimum absolute atomic E-state index is 0.367. The van der Waals surface area contributed by atoms with Crippen molar-refractivity contribution in [3.63, 3.8) is 0 Å². The highest BCUT2D eigenvalue weighted by atomic mass is 16.7. The van der Waals surface area contributed by atoms with E-state index in [1.165, 1.54) is 5.57 Å². The number of allylic oxidation sites excluding steroid dienone is 6. The third-order valence-corrected chi connectivity index (χ3v) is 4.63. The second-order valence-electron chi connectivity index (χ2n) is 6.86. The van der Waals surface area contributed by atoms with Crippen LogP contribution in [0.15, 0.2) is 60.4 Å². The minimum Gasteiger partial charge on any atom is -0.384 e. The van der Waals surface area contributed by atoms with Crippen molar-refractivity contribution >= 4 is 7.25 Å². The third-order valence-electron chi connectivity index (χ3n) is 4.63. The molecule has 0 amide bonds. The summed E-state index contributed by atoms with van der Waals surface area (Å²) < 4.78 is 12.5. The summed E-state index contributed by atoms with van der Waals surface area (Å²) in [6, 6.07) is 0. The first-order valence-corrected chi connectivity index (χ1v) is 8.58. The lowest BCUT2D eigenvalue weighted by Crippen LogP contribution is -2.42. The quantitative estimate of drug-likeness (QED) is 0.482. The standard InChI is InChI=1S/C20H32BNO2/c1-9-13-15-18(12-4)22(16-17(11-3)14-10-2)21-23-19(5,6)20(7,8)24-21/h9-15H,1,16H2,2-8H3/b14-10-,15-13-,17-11+,18-12+. The van der Waals surface area contributed by atoms with Crippen LogP contribution in [0.3, 0.4) is 0 Å². The highest BCUT2D eigenvalue weighted by Gasteiger charge is 2.54. The monoisotopic (exact) mass is 329 g/mol. The van der Waals surface area contributed by atoms with Gasteiger partial charge in [0.25, 0.3) is 0 Å². The summed E-state index contributed by atoms with van der Waals surface area (Å²) in [5, 5.41) is 0. The van der Waals surface area contributed by atoms with Gasteiger partial charge in [0, 0.05) is 12.2 Å². The average Bonchev–Trinajstić information content (AvgIpc) is 2.73. The van der Waals surface area contributed by atoms with Gasteiger partial charge < -0.3 is 14.1 Å². The summed E-state index contributed by atoms with van der Waals surface area (Å²) in [7, 11) is -0.434. The third kappa shape index (κ3) is 4.75. The first-order valence-electron chi connectivity index (χ1n) is 8.58. The van der Waals surface area contributed by atoms with Gasteiger partial charge in [-0.3, -0.25) is 0 Å². The second kappa shape index (κ2) is 8.54. The first-order chi connectivity index (χ1) is 11.2. The van der Waals surface area contributed by atoms with E-state index >= 15 is 0 Å². The Hall–Kier alpha value is -1.52. The molecule has 1 fully saturated rings. The lowest BCUT2D eigenvalue weighted by molar-refractivity contribution is 0.00578. The lowest BCUT2D eigenvalue weighted by Gasteiger charge is -2.32. The highest BCUT2D eigenvalue weighted by Crippen LogP contribution is 2.38. The van der Waals surface area contributed by atoms with Crippen molar-refractivity contribution in [3.05, 3.63) is 60.4 Å². The van der Waals surface area contributed by atoms with Gasteiger partial charge in [-0.1, -0.05) is 43.0 Å². The number of nitrogens with zero attached hydrogens (tertiary/aromatic N) is 1. The van der Waals surface area contributed by atoms with Gasteiger partial charge in [-0.15, -0.1) is 0 Å². The molecule has 3 nitrogen and oxygen atoms in total. The molecule has 0 aromatic rings. The van der Waals surface area contributed by atoms with Crippen LogP contribution in [0.1, 0.15) is 48.5 Å². The van der Waals surface area contributed by atoms with Gasteiger partial charge in [0.15, 0.2) is 0 Å². The topological polar surface area (TPSA) is 21.7 Å². The lowest BCUT2D eigenvalue weighted by atomic mass is 9.90. The summed E-state index contributed by atoms with van der Waals surface area (Å²) >= 11 is 0. The van der Waals surface area contributed by atoms with Crippen LogP contribution in [0.4, 0.5) is 0 Å². The molecule has 0 aromatic heterocycles. The zero-order valence-corrected chi connectivity index (χ0v) is 16.3. The molecule has 0 saturated carbocycles. The number of rotatable bonds is 7. The van der Waals surface area contributed by atoms with Gasteiger partial charge in [0.2, 0.25) is 0 Å². The fourth-order valence-electron chi connectivity index (χ4n) is 2.40. The zero-order valence-electron chi connectivity index (χ0n) is 16.3. The van der Waals surface area contributed by atoms with E-state index in [0.717, 1.165) is 5.70 Å². The van der Waals surface area contributed by atoms with Gasteiger partial charge in [-0.2, -0.15) is 0 Å². The van der Waals surface area contributed by atoms with Crippen molar-refractivity contribution in [3.8, 4) is 0 Å². The molecule has 1 rings (SSSR count). The van der Waals surface area contributed by atoms with Gasteiger partial charge in [0.05, 0.1) is 11.2 Å². The van der Waals surface area contributed by atoms with Crippen molar-refractivity contribution in [1.82, 2.24) is 4.81 Å². The van der Waals surface area contributed by atoms with Crippen molar-refractivity contribution in [1.29, 1.82) is 0 Å². The van der Waals surface area contributed by atoms with Crippen molar-refractivity contribution in [2.45, 2.75) is 59.7 Å². The van der Waals surface area contributed by atoms with Crippen LogP contribution in [0.25, 0.3) is 0 Å². The molecule has 0 N–H and O–H groups in total. The Bertz CT molecular complexity index is 540. The summed E-state index contributed by atoms with van der Waals surface area (Å²) in [6.45, 7) is 18.8. The van der Waals surface area contributed by atoms with E-state index in [4.69, 9.17) is 9.31 Å². The molecule has 0 bridgehead atoms. The molecule has 1 aliphatic rings. The van der Waals surface area contributed by atoms with E-state index in [0.29, 0.717) is 6.54 Å². The molecule has 1 saturated heterocycles. The highest BCUT2D eigenvalue weighted by molar-refractivity contribution is 6.43. The van der Waals surface area contributed by atoms with Gasteiger partial charge >= 0.3 is 7.25 Å². The Kier molecular flexibility index (Phi) is 7.31. The second-order valence-corrected chi connectivity index (χ2v) is 6.86. The Labute approximate surface area is 148 Å². The Balaban J connectivity index is 3.19. The SMILES string of the molecule is C=C/C=C\C(=C/C)N(CC(/C=C\C)=C/C)B1OC(C)(C)C(C)(C)O1. The predicted octanol–water partition coefficient (Wildman–Crippen LogP) is 5.05. The molecule has 0 atom stereocenters. The zero-order chi connectivity index (χ0) is 18.4. The fourth-order valence-corrected chi connectivity index (χ4v) is 2.40. The average molecular weight is 329 g/mol. The molecule has 0 radical (unpaired) electrons. The van der Waals surface area contributed by atoms with E-state index in [2.05, 4.69) is 57.3 Å². The summed E-state index contributed by atoms with van der Waals surface area (Å²) in [6.07, 6.45) is 14.1. The van der Waals surface area contributed by atoms with E-state index in [9.17, 15) is 0 Å². The summed E-state index contributed by atoms with van der Waals surface area (Å²) in [5.74, 6) is 0. The van der Waals surface area contributed by atoms with Gasteiger partial charge in [-0.05, 0) is 60.1 Å². The molecule has 0 aromatic carbocycles. The van der Waals surface area contributed by atoms with Crippen molar-refractivity contribution < 1.29 is 9.31 Å². The van der Waals surface area contributed by atoms with Crippen LogP contribution in [-0.2, 0) is 9.31 Å².